The minimum absolute atomic E-state index is 0.0570. The predicted octanol–water partition coefficient (Wildman–Crippen LogP) is 2.83. The third-order valence-electron chi connectivity index (χ3n) is 2.98. The van der Waals surface area contributed by atoms with Crippen LogP contribution in [0.5, 0.6) is 0 Å². The largest absolute Gasteiger partial charge is 0.384 e. The predicted molar refractivity (Wildman–Crippen MR) is 85.9 cm³/mol. The summed E-state index contributed by atoms with van der Waals surface area (Å²) in [5.74, 6) is 0.0570. The molecule has 3 N–H and O–H groups in total. The molecule has 0 aromatic heterocycles. The van der Waals surface area contributed by atoms with Crippen molar-refractivity contribution in [1.82, 2.24) is 0 Å². The molecule has 0 atom stereocenters. The molecule has 21 heavy (non-hydrogen) atoms. The normalized spacial score (nSPS) is 11.3. The second-order valence-electron chi connectivity index (χ2n) is 4.74. The summed E-state index contributed by atoms with van der Waals surface area (Å²) in [7, 11) is -3.16. The van der Waals surface area contributed by atoms with E-state index in [1.165, 1.54) is 18.0 Å². The van der Waals surface area contributed by atoms with Gasteiger partial charge in [-0.25, -0.2) is 8.42 Å². The Kier molecular flexibility index (Phi) is 4.39. The van der Waals surface area contributed by atoms with E-state index < -0.39 is 9.84 Å². The number of nitrogens with two attached hydrogens (primary N) is 1. The maximum atomic E-state index is 11.4. The molecule has 0 aliphatic rings. The molecular weight excluding hydrogens is 304 g/mol. The highest BCUT2D eigenvalue weighted by Crippen LogP contribution is 2.29. The van der Waals surface area contributed by atoms with E-state index in [1.54, 1.807) is 24.3 Å². The van der Waals surface area contributed by atoms with Crippen LogP contribution in [-0.2, 0) is 9.84 Å². The number of hydrogen-bond acceptors (Lipinski definition) is 4. The van der Waals surface area contributed by atoms with Crippen LogP contribution in [0.4, 0.5) is 0 Å². The van der Waals surface area contributed by atoms with Gasteiger partial charge >= 0.3 is 0 Å². The standard InChI is InChI=1S/C15H16N2O2S2/c1-10-9-12(5-8-14(10)15(16)17)20-11-3-6-13(7-4-11)21(2,18)19/h3-9H,1-2H3,(H3,16,17). The Hall–Kier alpha value is -1.79. The van der Waals surface area contributed by atoms with E-state index in [2.05, 4.69) is 0 Å². The van der Waals surface area contributed by atoms with Gasteiger partial charge in [0, 0.05) is 21.6 Å². The smallest absolute Gasteiger partial charge is 0.175 e. The van der Waals surface area contributed by atoms with Gasteiger partial charge in [-0.2, -0.15) is 0 Å². The van der Waals surface area contributed by atoms with Crippen molar-refractivity contribution in [3.63, 3.8) is 0 Å². The summed E-state index contributed by atoms with van der Waals surface area (Å²) in [6, 6.07) is 12.5. The number of aryl methyl sites for hydroxylation is 1. The second-order valence-corrected chi connectivity index (χ2v) is 7.90. The van der Waals surface area contributed by atoms with E-state index in [0.29, 0.717) is 4.90 Å². The summed E-state index contributed by atoms with van der Waals surface area (Å²) in [6.45, 7) is 1.91. The van der Waals surface area contributed by atoms with Crippen molar-refractivity contribution in [3.8, 4) is 0 Å². The van der Waals surface area contributed by atoms with Crippen molar-refractivity contribution in [2.24, 2.45) is 5.73 Å². The molecule has 6 heteroatoms. The van der Waals surface area contributed by atoms with Gasteiger partial charge in [0.15, 0.2) is 9.84 Å². The molecule has 0 bridgehead atoms. The molecule has 0 spiro atoms. The molecule has 0 aliphatic heterocycles. The molecule has 110 valence electrons. The summed E-state index contributed by atoms with van der Waals surface area (Å²) >= 11 is 1.54. The average molecular weight is 320 g/mol. The van der Waals surface area contributed by atoms with E-state index in [0.717, 1.165) is 20.9 Å². The van der Waals surface area contributed by atoms with Crippen LogP contribution in [0.2, 0.25) is 0 Å². The second kappa shape index (κ2) is 5.91. The zero-order chi connectivity index (χ0) is 15.6. The van der Waals surface area contributed by atoms with Crippen LogP contribution in [0.1, 0.15) is 11.1 Å². The number of rotatable bonds is 4. The van der Waals surface area contributed by atoms with Gasteiger partial charge in [0.25, 0.3) is 0 Å². The molecule has 0 amide bonds. The van der Waals surface area contributed by atoms with Gasteiger partial charge in [-0.05, 0) is 55.0 Å². The number of sulfone groups is 1. The van der Waals surface area contributed by atoms with Crippen LogP contribution in [0.15, 0.2) is 57.2 Å². The first kappa shape index (κ1) is 15.6. The fourth-order valence-corrected chi connectivity index (χ4v) is 3.44. The molecule has 0 aliphatic carbocycles. The fourth-order valence-electron chi connectivity index (χ4n) is 1.89. The van der Waals surface area contributed by atoms with E-state index in [1.807, 2.05) is 25.1 Å². The SMILES string of the molecule is Cc1cc(Sc2ccc(S(C)(=O)=O)cc2)ccc1C(=N)N. The molecule has 4 nitrogen and oxygen atoms in total. The van der Waals surface area contributed by atoms with Gasteiger partial charge in [-0.15, -0.1) is 0 Å². The molecule has 2 rings (SSSR count). The summed E-state index contributed by atoms with van der Waals surface area (Å²) in [4.78, 5) is 2.29. The van der Waals surface area contributed by atoms with Crippen LogP contribution in [0.25, 0.3) is 0 Å². The Bertz CT molecular complexity index is 782. The third kappa shape index (κ3) is 3.86. The van der Waals surface area contributed by atoms with Crippen molar-refractivity contribution in [2.75, 3.05) is 6.26 Å². The van der Waals surface area contributed by atoms with Gasteiger partial charge in [0.2, 0.25) is 0 Å². The third-order valence-corrected chi connectivity index (χ3v) is 5.10. The lowest BCUT2D eigenvalue weighted by Crippen LogP contribution is -2.12. The number of hydrogen-bond donors (Lipinski definition) is 2. The molecule has 0 heterocycles. The quantitative estimate of drug-likeness (QED) is 0.670. The lowest BCUT2D eigenvalue weighted by molar-refractivity contribution is 0.602. The van der Waals surface area contributed by atoms with Gasteiger partial charge in [0.05, 0.1) is 4.90 Å². The molecule has 2 aromatic rings. The molecule has 0 fully saturated rings. The summed E-state index contributed by atoms with van der Waals surface area (Å²) < 4.78 is 22.8. The van der Waals surface area contributed by atoms with Crippen molar-refractivity contribution in [3.05, 3.63) is 53.6 Å². The summed E-state index contributed by atoms with van der Waals surface area (Å²) in [5.41, 5.74) is 7.17. The molecule has 0 saturated carbocycles. The van der Waals surface area contributed by atoms with Crippen molar-refractivity contribution < 1.29 is 8.42 Å². The molecule has 0 saturated heterocycles. The first-order valence-electron chi connectivity index (χ1n) is 6.20. The van der Waals surface area contributed by atoms with Gasteiger partial charge in [-0.1, -0.05) is 11.8 Å². The molecular formula is C15H16N2O2S2. The Morgan fingerprint density at radius 1 is 1.10 bits per heavy atom. The molecule has 2 aromatic carbocycles. The molecule has 0 radical (unpaired) electrons. The Labute approximate surface area is 128 Å². The minimum Gasteiger partial charge on any atom is -0.384 e. The zero-order valence-electron chi connectivity index (χ0n) is 11.8. The number of benzene rings is 2. The Morgan fingerprint density at radius 3 is 2.14 bits per heavy atom. The van der Waals surface area contributed by atoms with Gasteiger partial charge in [-0.3, -0.25) is 5.41 Å². The maximum Gasteiger partial charge on any atom is 0.175 e. The lowest BCUT2D eigenvalue weighted by atomic mass is 10.1. The zero-order valence-corrected chi connectivity index (χ0v) is 13.4. The monoisotopic (exact) mass is 320 g/mol. The lowest BCUT2D eigenvalue weighted by Gasteiger charge is -2.07. The van der Waals surface area contributed by atoms with Crippen LogP contribution in [0, 0.1) is 12.3 Å². The topological polar surface area (TPSA) is 84.0 Å². The Balaban J connectivity index is 2.23. The first-order chi connectivity index (χ1) is 9.77. The minimum atomic E-state index is -3.16. The summed E-state index contributed by atoms with van der Waals surface area (Å²) in [6.07, 6.45) is 1.19. The van der Waals surface area contributed by atoms with Crippen LogP contribution >= 0.6 is 11.8 Å². The van der Waals surface area contributed by atoms with Crippen molar-refractivity contribution in [1.29, 1.82) is 5.41 Å². The van der Waals surface area contributed by atoms with E-state index in [9.17, 15) is 8.42 Å². The van der Waals surface area contributed by atoms with Crippen LogP contribution < -0.4 is 5.73 Å². The highest BCUT2D eigenvalue weighted by molar-refractivity contribution is 7.99. The average Bonchev–Trinajstić information content (AvgIpc) is 2.38. The van der Waals surface area contributed by atoms with Crippen molar-refractivity contribution in [2.45, 2.75) is 21.6 Å². The highest BCUT2D eigenvalue weighted by atomic mass is 32.2. The number of nitrogens with one attached hydrogen (secondary N) is 1. The maximum absolute atomic E-state index is 11.4. The number of nitrogen functional groups attached to an aromatic ring is 1. The number of amidine groups is 1. The van der Waals surface area contributed by atoms with Crippen LogP contribution in [0.3, 0.4) is 0 Å². The highest BCUT2D eigenvalue weighted by Gasteiger charge is 2.07. The van der Waals surface area contributed by atoms with Crippen molar-refractivity contribution >= 4 is 27.4 Å². The van der Waals surface area contributed by atoms with Gasteiger partial charge in [0.1, 0.15) is 5.84 Å². The Morgan fingerprint density at radius 2 is 1.67 bits per heavy atom. The summed E-state index contributed by atoms with van der Waals surface area (Å²) in [5, 5.41) is 7.46. The first-order valence-corrected chi connectivity index (χ1v) is 8.91. The fraction of sp³-hybridized carbons (Fsp3) is 0.133. The van der Waals surface area contributed by atoms with E-state index in [-0.39, 0.29) is 5.84 Å². The van der Waals surface area contributed by atoms with E-state index in [4.69, 9.17) is 11.1 Å². The van der Waals surface area contributed by atoms with E-state index >= 15 is 0 Å². The van der Waals surface area contributed by atoms with Crippen LogP contribution in [-0.4, -0.2) is 20.5 Å². The molecule has 0 unspecified atom stereocenters. The van der Waals surface area contributed by atoms with Gasteiger partial charge < -0.3 is 5.73 Å².